The van der Waals surface area contributed by atoms with Gasteiger partial charge in [-0.05, 0) is 19.3 Å². The second kappa shape index (κ2) is 5.04. The number of amides is 3. The lowest BCUT2D eigenvalue weighted by molar-refractivity contribution is -0.146. The molecule has 1 atom stereocenters. The highest BCUT2D eigenvalue weighted by Gasteiger charge is 2.50. The molecule has 0 spiro atoms. The average molecular weight is 261 g/mol. The highest BCUT2D eigenvalue weighted by Crippen LogP contribution is 2.46. The third-order valence-corrected chi connectivity index (χ3v) is 3.89. The minimum absolute atomic E-state index is 0. The number of nitrogens with one attached hydrogen (secondary N) is 1. The molecule has 3 amide bonds. The van der Waals surface area contributed by atoms with E-state index >= 15 is 0 Å². The summed E-state index contributed by atoms with van der Waals surface area (Å²) in [7, 11) is 0. The number of halogens is 1. The van der Waals surface area contributed by atoms with E-state index in [-0.39, 0.29) is 30.1 Å². The van der Waals surface area contributed by atoms with E-state index < -0.39 is 11.3 Å². The van der Waals surface area contributed by atoms with Crippen molar-refractivity contribution in [2.24, 2.45) is 17.1 Å². The molecule has 3 N–H and O–H groups in total. The number of primary amides is 1. The summed E-state index contributed by atoms with van der Waals surface area (Å²) < 4.78 is 0. The van der Waals surface area contributed by atoms with Crippen molar-refractivity contribution in [3.63, 3.8) is 0 Å². The average Bonchev–Trinajstić information content (AvgIpc) is 2.67. The van der Waals surface area contributed by atoms with Crippen molar-refractivity contribution in [3.05, 3.63) is 0 Å². The first-order chi connectivity index (χ1) is 7.56. The number of carbonyl (C=O) groups excluding carboxylic acids is 3. The van der Waals surface area contributed by atoms with Gasteiger partial charge in [-0.1, -0.05) is 12.8 Å². The molecule has 0 radical (unpaired) electrons. The highest BCUT2D eigenvalue weighted by molar-refractivity contribution is 6.01. The van der Waals surface area contributed by atoms with Crippen LogP contribution in [-0.2, 0) is 14.4 Å². The summed E-state index contributed by atoms with van der Waals surface area (Å²) in [5.41, 5.74) is 4.75. The summed E-state index contributed by atoms with van der Waals surface area (Å²) in [5.74, 6) is -1.37. The van der Waals surface area contributed by atoms with Crippen LogP contribution in [0.1, 0.15) is 38.5 Å². The van der Waals surface area contributed by atoms with Gasteiger partial charge in [0.05, 0.1) is 11.3 Å². The summed E-state index contributed by atoms with van der Waals surface area (Å²) in [5, 5.41) is 2.30. The number of carbonyl (C=O) groups is 3. The van der Waals surface area contributed by atoms with E-state index in [1.54, 1.807) is 0 Å². The number of nitrogens with two attached hydrogens (primary N) is 1. The molecular weight excluding hydrogens is 244 g/mol. The van der Waals surface area contributed by atoms with Gasteiger partial charge in [0.2, 0.25) is 17.7 Å². The number of piperidine rings is 1. The molecule has 0 bridgehead atoms. The number of hydrogen-bond acceptors (Lipinski definition) is 3. The first-order valence-corrected chi connectivity index (χ1v) is 5.70. The Labute approximate surface area is 106 Å². The Hall–Kier alpha value is -1.10. The minimum atomic E-state index is -0.704. The SMILES string of the molecule is Cl.NC(=O)C1(C2CCC(=O)NC2=O)CCCC1. The van der Waals surface area contributed by atoms with Gasteiger partial charge in [0.15, 0.2) is 0 Å². The molecule has 1 saturated heterocycles. The quantitative estimate of drug-likeness (QED) is 0.709. The van der Waals surface area contributed by atoms with Gasteiger partial charge >= 0.3 is 0 Å². The predicted molar refractivity (Wildman–Crippen MR) is 63.2 cm³/mol. The summed E-state index contributed by atoms with van der Waals surface area (Å²) in [6.45, 7) is 0. The van der Waals surface area contributed by atoms with E-state index in [0.29, 0.717) is 25.7 Å². The van der Waals surface area contributed by atoms with Gasteiger partial charge < -0.3 is 5.73 Å². The van der Waals surface area contributed by atoms with E-state index in [1.807, 2.05) is 0 Å². The summed E-state index contributed by atoms with van der Waals surface area (Å²) in [6.07, 6.45) is 3.98. The van der Waals surface area contributed by atoms with Crippen LogP contribution in [0.25, 0.3) is 0 Å². The van der Waals surface area contributed by atoms with Crippen molar-refractivity contribution in [2.45, 2.75) is 38.5 Å². The van der Waals surface area contributed by atoms with Crippen LogP contribution in [0, 0.1) is 11.3 Å². The van der Waals surface area contributed by atoms with Crippen molar-refractivity contribution in [1.29, 1.82) is 0 Å². The van der Waals surface area contributed by atoms with Gasteiger partial charge in [0.1, 0.15) is 0 Å². The first-order valence-electron chi connectivity index (χ1n) is 5.70. The Bertz CT molecular complexity index is 351. The van der Waals surface area contributed by atoms with Crippen LogP contribution < -0.4 is 11.1 Å². The largest absolute Gasteiger partial charge is 0.369 e. The van der Waals surface area contributed by atoms with Crippen LogP contribution in [0.4, 0.5) is 0 Å². The number of imide groups is 1. The normalized spacial score (nSPS) is 27.2. The second-order valence-corrected chi connectivity index (χ2v) is 4.73. The Morgan fingerprint density at radius 2 is 1.88 bits per heavy atom. The topological polar surface area (TPSA) is 89.3 Å². The molecule has 2 rings (SSSR count). The monoisotopic (exact) mass is 260 g/mol. The fourth-order valence-corrected chi connectivity index (χ4v) is 2.99. The molecular formula is C11H17ClN2O3. The standard InChI is InChI=1S/C11H16N2O3.ClH/c12-10(16)11(5-1-2-6-11)7-3-4-8(14)13-9(7)15;/h7H,1-6H2,(H2,12,16)(H,13,14,15);1H. The molecule has 1 heterocycles. The molecule has 0 aromatic rings. The summed E-state index contributed by atoms with van der Waals surface area (Å²) >= 11 is 0. The van der Waals surface area contributed by atoms with Gasteiger partial charge in [-0.2, -0.15) is 0 Å². The zero-order chi connectivity index (χ0) is 11.8. The summed E-state index contributed by atoms with van der Waals surface area (Å²) in [6, 6.07) is 0. The third-order valence-electron chi connectivity index (χ3n) is 3.89. The maximum atomic E-state index is 11.8. The Morgan fingerprint density at radius 3 is 2.35 bits per heavy atom. The van der Waals surface area contributed by atoms with E-state index in [0.717, 1.165) is 12.8 Å². The molecule has 1 aliphatic carbocycles. The van der Waals surface area contributed by atoms with Gasteiger partial charge in [0.25, 0.3) is 0 Å². The van der Waals surface area contributed by atoms with Crippen molar-refractivity contribution in [2.75, 3.05) is 0 Å². The van der Waals surface area contributed by atoms with E-state index in [9.17, 15) is 14.4 Å². The molecule has 6 heteroatoms. The van der Waals surface area contributed by atoms with E-state index in [2.05, 4.69) is 5.32 Å². The predicted octanol–water partition coefficient (Wildman–Crippen LogP) is 0.507. The van der Waals surface area contributed by atoms with Crippen molar-refractivity contribution >= 4 is 30.1 Å². The molecule has 5 nitrogen and oxygen atoms in total. The smallest absolute Gasteiger partial charge is 0.230 e. The molecule has 2 aliphatic rings. The van der Waals surface area contributed by atoms with Crippen LogP contribution >= 0.6 is 12.4 Å². The lowest BCUT2D eigenvalue weighted by Gasteiger charge is -2.35. The zero-order valence-corrected chi connectivity index (χ0v) is 10.3. The van der Waals surface area contributed by atoms with Crippen LogP contribution in [0.3, 0.4) is 0 Å². The van der Waals surface area contributed by atoms with Gasteiger partial charge in [-0.3, -0.25) is 19.7 Å². The fraction of sp³-hybridized carbons (Fsp3) is 0.727. The maximum Gasteiger partial charge on any atom is 0.230 e. The number of hydrogen-bond donors (Lipinski definition) is 2. The molecule has 1 unspecified atom stereocenters. The van der Waals surface area contributed by atoms with Crippen molar-refractivity contribution in [1.82, 2.24) is 5.32 Å². The van der Waals surface area contributed by atoms with Crippen LogP contribution in [0.2, 0.25) is 0 Å². The molecule has 2 fully saturated rings. The molecule has 0 aromatic carbocycles. The van der Waals surface area contributed by atoms with Crippen LogP contribution in [0.15, 0.2) is 0 Å². The Balaban J connectivity index is 0.00000144. The van der Waals surface area contributed by atoms with E-state index in [4.69, 9.17) is 5.73 Å². The molecule has 96 valence electrons. The lowest BCUT2D eigenvalue weighted by atomic mass is 9.69. The Morgan fingerprint density at radius 1 is 1.29 bits per heavy atom. The second-order valence-electron chi connectivity index (χ2n) is 4.73. The lowest BCUT2D eigenvalue weighted by Crippen LogP contribution is -2.52. The zero-order valence-electron chi connectivity index (χ0n) is 9.53. The third kappa shape index (κ3) is 2.29. The van der Waals surface area contributed by atoms with Gasteiger partial charge in [-0.25, -0.2) is 0 Å². The molecule has 0 aromatic heterocycles. The van der Waals surface area contributed by atoms with Crippen molar-refractivity contribution in [3.8, 4) is 0 Å². The molecule has 17 heavy (non-hydrogen) atoms. The first kappa shape index (κ1) is 14.0. The van der Waals surface area contributed by atoms with E-state index in [1.165, 1.54) is 0 Å². The maximum absolute atomic E-state index is 11.8. The number of rotatable bonds is 2. The van der Waals surface area contributed by atoms with Crippen LogP contribution in [0.5, 0.6) is 0 Å². The van der Waals surface area contributed by atoms with Crippen molar-refractivity contribution < 1.29 is 14.4 Å². The molecule has 1 aliphatic heterocycles. The minimum Gasteiger partial charge on any atom is -0.369 e. The van der Waals surface area contributed by atoms with Gasteiger partial charge in [-0.15, -0.1) is 12.4 Å². The highest BCUT2D eigenvalue weighted by atomic mass is 35.5. The Kier molecular flexibility index (Phi) is 4.14. The summed E-state index contributed by atoms with van der Waals surface area (Å²) in [4.78, 5) is 34.4. The fourth-order valence-electron chi connectivity index (χ4n) is 2.99. The molecule has 1 saturated carbocycles. The van der Waals surface area contributed by atoms with Crippen LogP contribution in [-0.4, -0.2) is 17.7 Å². The van der Waals surface area contributed by atoms with Gasteiger partial charge in [0, 0.05) is 6.42 Å².